The summed E-state index contributed by atoms with van der Waals surface area (Å²) >= 11 is 0. The Hall–Kier alpha value is -3.20. The van der Waals surface area contributed by atoms with Crippen LogP contribution >= 0.6 is 0 Å². The Bertz CT molecular complexity index is 1060. The van der Waals surface area contributed by atoms with Gasteiger partial charge in [-0.2, -0.15) is 8.78 Å². The summed E-state index contributed by atoms with van der Waals surface area (Å²) in [5.74, 6) is 0.521. The molecule has 9 heteroatoms. The first-order chi connectivity index (χ1) is 17.3. The van der Waals surface area contributed by atoms with E-state index in [1.54, 1.807) is 36.4 Å². The van der Waals surface area contributed by atoms with Crippen LogP contribution in [0.1, 0.15) is 45.1 Å². The molecule has 1 heterocycles. The molecule has 2 amide bonds. The molecule has 0 aromatic heterocycles. The Kier molecular flexibility index (Phi) is 8.40. The van der Waals surface area contributed by atoms with E-state index in [0.29, 0.717) is 36.2 Å². The Morgan fingerprint density at radius 1 is 1.00 bits per heavy atom. The number of nitrogens with zero attached hydrogens (tertiary/aromatic N) is 1. The van der Waals surface area contributed by atoms with Gasteiger partial charge < -0.3 is 20.1 Å². The average Bonchev–Trinajstić information content (AvgIpc) is 3.56. The molecule has 2 aromatic carbocycles. The Morgan fingerprint density at radius 2 is 1.69 bits per heavy atom. The van der Waals surface area contributed by atoms with Crippen LogP contribution in [0.5, 0.6) is 11.5 Å². The van der Waals surface area contributed by atoms with Crippen LogP contribution in [0.4, 0.5) is 20.2 Å². The number of alkyl halides is 2. The molecule has 2 N–H and O–H groups in total. The van der Waals surface area contributed by atoms with Gasteiger partial charge in [-0.05, 0) is 80.1 Å². The van der Waals surface area contributed by atoms with Gasteiger partial charge in [-0.1, -0.05) is 19.9 Å². The van der Waals surface area contributed by atoms with Crippen molar-refractivity contribution in [3.63, 3.8) is 0 Å². The number of nitrogens with one attached hydrogen (secondary N) is 2. The molecule has 1 saturated carbocycles. The smallest absolute Gasteiger partial charge is 0.387 e. The fourth-order valence-corrected chi connectivity index (χ4v) is 4.14. The normalized spacial score (nSPS) is 17.9. The van der Waals surface area contributed by atoms with Gasteiger partial charge in [0.05, 0.1) is 12.6 Å². The summed E-state index contributed by atoms with van der Waals surface area (Å²) in [6.07, 6.45) is 3.79. The number of carbonyl (C=O) groups excluding carboxylic acids is 2. The van der Waals surface area contributed by atoms with Gasteiger partial charge in [-0.3, -0.25) is 14.5 Å². The first-order valence-corrected chi connectivity index (χ1v) is 12.4. The first kappa shape index (κ1) is 25.9. The number of likely N-dealkylation sites (tertiary alicyclic amines) is 1. The molecule has 4 rings (SSSR count). The van der Waals surface area contributed by atoms with Gasteiger partial charge in [0.25, 0.3) is 0 Å². The maximum absolute atomic E-state index is 13.0. The number of halogens is 2. The van der Waals surface area contributed by atoms with Crippen molar-refractivity contribution in [3.8, 4) is 11.5 Å². The SMILES string of the molecule is CC(C)C(=O)Nc1ccc(NC(=O)[C@@H]2CCCN2Cc2ccc(OC(F)F)c(OCC3CC3)c2)cc1. The van der Waals surface area contributed by atoms with E-state index >= 15 is 0 Å². The third-order valence-electron chi connectivity index (χ3n) is 6.39. The van der Waals surface area contributed by atoms with E-state index in [1.165, 1.54) is 6.07 Å². The zero-order valence-electron chi connectivity index (χ0n) is 20.6. The highest BCUT2D eigenvalue weighted by atomic mass is 19.3. The molecule has 1 aliphatic carbocycles. The minimum Gasteiger partial charge on any atom is -0.489 e. The van der Waals surface area contributed by atoms with Crippen molar-refractivity contribution in [3.05, 3.63) is 48.0 Å². The Balaban J connectivity index is 1.37. The van der Waals surface area contributed by atoms with Crippen LogP contribution in [-0.4, -0.2) is 42.5 Å². The molecule has 0 unspecified atom stereocenters. The van der Waals surface area contributed by atoms with E-state index in [1.807, 2.05) is 13.8 Å². The van der Waals surface area contributed by atoms with Crippen LogP contribution in [0.25, 0.3) is 0 Å². The largest absolute Gasteiger partial charge is 0.489 e. The minimum atomic E-state index is -2.92. The maximum Gasteiger partial charge on any atom is 0.387 e. The van der Waals surface area contributed by atoms with Crippen molar-refractivity contribution in [1.29, 1.82) is 0 Å². The van der Waals surface area contributed by atoms with Gasteiger partial charge in [0.1, 0.15) is 0 Å². The second kappa shape index (κ2) is 11.7. The summed E-state index contributed by atoms with van der Waals surface area (Å²) in [5.41, 5.74) is 2.19. The van der Waals surface area contributed by atoms with Crippen molar-refractivity contribution >= 4 is 23.2 Å². The quantitative estimate of drug-likeness (QED) is 0.438. The van der Waals surface area contributed by atoms with E-state index < -0.39 is 6.61 Å². The molecule has 0 radical (unpaired) electrons. The van der Waals surface area contributed by atoms with E-state index in [-0.39, 0.29) is 29.5 Å². The summed E-state index contributed by atoms with van der Waals surface area (Å²) in [6.45, 7) is 2.46. The van der Waals surface area contributed by atoms with Crippen LogP contribution in [0, 0.1) is 11.8 Å². The molecular weight excluding hydrogens is 468 g/mol. The zero-order valence-corrected chi connectivity index (χ0v) is 20.6. The highest BCUT2D eigenvalue weighted by molar-refractivity contribution is 5.96. The number of ether oxygens (including phenoxy) is 2. The number of anilines is 2. The summed E-state index contributed by atoms with van der Waals surface area (Å²) < 4.78 is 36.1. The number of hydrogen-bond acceptors (Lipinski definition) is 5. The molecule has 7 nitrogen and oxygen atoms in total. The van der Waals surface area contributed by atoms with Crippen molar-refractivity contribution in [2.24, 2.45) is 11.8 Å². The molecule has 1 aliphatic heterocycles. The predicted molar refractivity (Wildman–Crippen MR) is 133 cm³/mol. The Labute approximate surface area is 210 Å². The third kappa shape index (κ3) is 7.16. The lowest BCUT2D eigenvalue weighted by Gasteiger charge is -2.24. The maximum atomic E-state index is 13.0. The van der Waals surface area contributed by atoms with Crippen molar-refractivity contribution in [2.75, 3.05) is 23.8 Å². The van der Waals surface area contributed by atoms with Crippen LogP contribution < -0.4 is 20.1 Å². The van der Waals surface area contributed by atoms with Crippen molar-refractivity contribution in [2.45, 2.75) is 58.7 Å². The van der Waals surface area contributed by atoms with Crippen molar-refractivity contribution < 1.29 is 27.8 Å². The summed E-state index contributed by atoms with van der Waals surface area (Å²) in [4.78, 5) is 27.0. The molecular formula is C27H33F2N3O4. The second-order valence-corrected chi connectivity index (χ2v) is 9.75. The molecule has 2 aliphatic rings. The van der Waals surface area contributed by atoms with Crippen LogP contribution in [0.3, 0.4) is 0 Å². The van der Waals surface area contributed by atoms with Gasteiger partial charge in [0.2, 0.25) is 11.8 Å². The number of benzene rings is 2. The van der Waals surface area contributed by atoms with E-state index in [9.17, 15) is 18.4 Å². The van der Waals surface area contributed by atoms with Gasteiger partial charge in [-0.15, -0.1) is 0 Å². The van der Waals surface area contributed by atoms with E-state index in [4.69, 9.17) is 4.74 Å². The fourth-order valence-electron chi connectivity index (χ4n) is 4.14. The number of carbonyl (C=O) groups is 2. The molecule has 2 aromatic rings. The molecule has 2 fully saturated rings. The predicted octanol–water partition coefficient (Wildman–Crippen LogP) is 5.27. The number of hydrogen-bond donors (Lipinski definition) is 2. The molecule has 0 spiro atoms. The topological polar surface area (TPSA) is 79.9 Å². The van der Waals surface area contributed by atoms with Crippen LogP contribution in [0.15, 0.2) is 42.5 Å². The molecule has 1 atom stereocenters. The fraction of sp³-hybridized carbons (Fsp3) is 0.481. The highest BCUT2D eigenvalue weighted by Crippen LogP contribution is 2.35. The molecule has 36 heavy (non-hydrogen) atoms. The second-order valence-electron chi connectivity index (χ2n) is 9.75. The molecule has 0 bridgehead atoms. The average molecular weight is 502 g/mol. The molecule has 194 valence electrons. The standard InChI is InChI=1S/C27H33F2N3O4/c1-17(2)25(33)30-20-8-10-21(11-9-20)31-26(34)22-4-3-13-32(22)15-19-7-12-23(36-27(28)29)24(14-19)35-16-18-5-6-18/h7-12,14,17-18,22,27H,3-6,13,15-16H2,1-2H3,(H,30,33)(H,31,34)/t22-/m0/s1. The van der Waals surface area contributed by atoms with Gasteiger partial charge in [0, 0.05) is 23.8 Å². The van der Waals surface area contributed by atoms with Gasteiger partial charge in [0.15, 0.2) is 11.5 Å². The van der Waals surface area contributed by atoms with Crippen LogP contribution in [0.2, 0.25) is 0 Å². The summed E-state index contributed by atoms with van der Waals surface area (Å²) in [7, 11) is 0. The number of amides is 2. The van der Waals surface area contributed by atoms with E-state index in [0.717, 1.165) is 37.8 Å². The van der Waals surface area contributed by atoms with E-state index in [2.05, 4.69) is 20.3 Å². The monoisotopic (exact) mass is 501 g/mol. The summed E-state index contributed by atoms with van der Waals surface area (Å²) in [5, 5.41) is 5.79. The third-order valence-corrected chi connectivity index (χ3v) is 6.39. The van der Waals surface area contributed by atoms with Crippen molar-refractivity contribution in [1.82, 2.24) is 4.90 Å². The lowest BCUT2D eigenvalue weighted by atomic mass is 10.1. The number of rotatable bonds is 11. The molecule has 1 saturated heterocycles. The zero-order chi connectivity index (χ0) is 25.7. The Morgan fingerprint density at radius 3 is 2.33 bits per heavy atom. The first-order valence-electron chi connectivity index (χ1n) is 12.4. The van der Waals surface area contributed by atoms with Gasteiger partial charge >= 0.3 is 6.61 Å². The van der Waals surface area contributed by atoms with Crippen LogP contribution in [-0.2, 0) is 16.1 Å². The summed E-state index contributed by atoms with van der Waals surface area (Å²) in [6, 6.07) is 11.7. The lowest BCUT2D eigenvalue weighted by Crippen LogP contribution is -2.39. The van der Waals surface area contributed by atoms with Gasteiger partial charge in [-0.25, -0.2) is 0 Å². The highest BCUT2D eigenvalue weighted by Gasteiger charge is 2.31. The lowest BCUT2D eigenvalue weighted by molar-refractivity contribution is -0.120. The minimum absolute atomic E-state index is 0.0261.